The van der Waals surface area contributed by atoms with Crippen LogP contribution in [0.1, 0.15) is 26.3 Å². The van der Waals surface area contributed by atoms with E-state index in [4.69, 9.17) is 21.4 Å². The summed E-state index contributed by atoms with van der Waals surface area (Å²) >= 11 is 5.99. The van der Waals surface area contributed by atoms with Crippen molar-refractivity contribution in [2.24, 2.45) is 0 Å². The van der Waals surface area contributed by atoms with Gasteiger partial charge in [0, 0.05) is 11.3 Å². The molecule has 0 saturated carbocycles. The van der Waals surface area contributed by atoms with Crippen LogP contribution in [0.15, 0.2) is 36.4 Å². The van der Waals surface area contributed by atoms with Crippen molar-refractivity contribution in [1.82, 2.24) is 0 Å². The van der Waals surface area contributed by atoms with Crippen molar-refractivity contribution >= 4 is 29.2 Å². The molecule has 2 aromatic rings. The van der Waals surface area contributed by atoms with Crippen LogP contribution in [0.5, 0.6) is 5.75 Å². The third-order valence-corrected chi connectivity index (χ3v) is 3.44. The molecular formula is C16H14ClNO4. The highest BCUT2D eigenvalue weighted by Crippen LogP contribution is 2.25. The average molecular weight is 320 g/mol. The number of ether oxygens (including phenoxy) is 1. The van der Waals surface area contributed by atoms with E-state index in [-0.39, 0.29) is 11.5 Å². The number of methoxy groups -OCH3 is 1. The number of aromatic carboxylic acids is 1. The van der Waals surface area contributed by atoms with Crippen LogP contribution < -0.4 is 10.1 Å². The lowest BCUT2D eigenvalue weighted by molar-refractivity contribution is 0.0696. The lowest BCUT2D eigenvalue weighted by atomic mass is 10.1. The second-order valence-corrected chi connectivity index (χ2v) is 5.05. The first-order valence-electron chi connectivity index (χ1n) is 6.41. The van der Waals surface area contributed by atoms with Crippen LogP contribution in [0, 0.1) is 6.92 Å². The molecule has 6 heteroatoms. The lowest BCUT2D eigenvalue weighted by Crippen LogP contribution is -2.13. The molecule has 0 aliphatic carbocycles. The van der Waals surface area contributed by atoms with Crippen molar-refractivity contribution < 1.29 is 19.4 Å². The van der Waals surface area contributed by atoms with E-state index in [1.807, 2.05) is 0 Å². The van der Waals surface area contributed by atoms with Gasteiger partial charge in [-0.25, -0.2) is 4.79 Å². The molecule has 2 aromatic carbocycles. The molecule has 22 heavy (non-hydrogen) atoms. The number of aryl methyl sites for hydroxylation is 1. The van der Waals surface area contributed by atoms with Gasteiger partial charge in [0.15, 0.2) is 0 Å². The molecule has 0 fully saturated rings. The first-order chi connectivity index (χ1) is 10.4. The number of nitrogens with one attached hydrogen (secondary N) is 1. The van der Waals surface area contributed by atoms with Crippen LogP contribution in [-0.2, 0) is 0 Å². The Morgan fingerprint density at radius 1 is 1.14 bits per heavy atom. The smallest absolute Gasteiger partial charge is 0.335 e. The van der Waals surface area contributed by atoms with Gasteiger partial charge in [-0.05, 0) is 42.8 Å². The molecule has 5 nitrogen and oxygen atoms in total. The van der Waals surface area contributed by atoms with Gasteiger partial charge in [0.2, 0.25) is 0 Å². The van der Waals surface area contributed by atoms with Crippen LogP contribution >= 0.6 is 11.6 Å². The van der Waals surface area contributed by atoms with Crippen LogP contribution in [0.25, 0.3) is 0 Å². The molecule has 0 aliphatic heterocycles. The van der Waals surface area contributed by atoms with Crippen molar-refractivity contribution in [3.63, 3.8) is 0 Å². The molecule has 0 spiro atoms. The zero-order valence-corrected chi connectivity index (χ0v) is 12.8. The van der Waals surface area contributed by atoms with Gasteiger partial charge in [-0.1, -0.05) is 17.7 Å². The van der Waals surface area contributed by atoms with Gasteiger partial charge in [0.1, 0.15) is 5.75 Å². The second-order valence-electron chi connectivity index (χ2n) is 4.64. The Kier molecular flexibility index (Phi) is 4.68. The molecular weight excluding hydrogens is 306 g/mol. The summed E-state index contributed by atoms with van der Waals surface area (Å²) in [7, 11) is 1.49. The Balaban J connectivity index is 2.27. The minimum absolute atomic E-state index is 0.105. The fourth-order valence-corrected chi connectivity index (χ4v) is 2.15. The van der Waals surface area contributed by atoms with Gasteiger partial charge in [0.05, 0.1) is 17.7 Å². The van der Waals surface area contributed by atoms with Gasteiger partial charge in [-0.2, -0.15) is 0 Å². The maximum Gasteiger partial charge on any atom is 0.335 e. The monoisotopic (exact) mass is 319 g/mol. The number of anilines is 1. The number of carbonyl (C=O) groups is 2. The molecule has 0 radical (unpaired) electrons. The van der Waals surface area contributed by atoms with Crippen LogP contribution in [0.4, 0.5) is 5.69 Å². The van der Waals surface area contributed by atoms with Crippen LogP contribution in [0.2, 0.25) is 5.02 Å². The fraction of sp³-hybridized carbons (Fsp3) is 0.125. The largest absolute Gasteiger partial charge is 0.495 e. The van der Waals surface area contributed by atoms with Gasteiger partial charge in [-0.15, -0.1) is 0 Å². The Labute approximate surface area is 132 Å². The van der Waals surface area contributed by atoms with E-state index >= 15 is 0 Å². The summed E-state index contributed by atoms with van der Waals surface area (Å²) in [6.45, 7) is 1.78. The van der Waals surface area contributed by atoms with Crippen molar-refractivity contribution in [2.75, 3.05) is 12.4 Å². The van der Waals surface area contributed by atoms with E-state index in [9.17, 15) is 9.59 Å². The van der Waals surface area contributed by atoms with Crippen molar-refractivity contribution in [3.05, 3.63) is 58.1 Å². The predicted molar refractivity (Wildman–Crippen MR) is 84.1 cm³/mol. The highest BCUT2D eigenvalue weighted by Gasteiger charge is 2.12. The third-order valence-electron chi connectivity index (χ3n) is 3.15. The molecule has 0 bridgehead atoms. The van der Waals surface area contributed by atoms with Gasteiger partial charge < -0.3 is 15.2 Å². The number of carboxylic acids is 1. The normalized spacial score (nSPS) is 10.1. The number of amides is 1. The predicted octanol–water partition coefficient (Wildman–Crippen LogP) is 3.61. The SMILES string of the molecule is COc1ccc(C(=O)Nc2cc(C(=O)O)ccc2C)cc1Cl. The van der Waals surface area contributed by atoms with E-state index in [1.165, 1.54) is 25.3 Å². The summed E-state index contributed by atoms with van der Waals surface area (Å²) in [5.74, 6) is -0.958. The van der Waals surface area contributed by atoms with Gasteiger partial charge >= 0.3 is 5.97 Å². The topological polar surface area (TPSA) is 75.6 Å². The number of halogens is 1. The van der Waals surface area contributed by atoms with E-state index in [0.717, 1.165) is 5.56 Å². The first-order valence-corrected chi connectivity index (χ1v) is 6.79. The molecule has 2 N–H and O–H groups in total. The molecule has 114 valence electrons. The van der Waals surface area contributed by atoms with E-state index in [2.05, 4.69) is 5.32 Å². The number of carboxylic acid groups (broad SMARTS) is 1. The summed E-state index contributed by atoms with van der Waals surface area (Å²) in [5, 5.41) is 12.0. The zero-order valence-electron chi connectivity index (χ0n) is 12.0. The number of hydrogen-bond acceptors (Lipinski definition) is 3. The second kappa shape index (κ2) is 6.49. The summed E-state index contributed by atoms with van der Waals surface area (Å²) < 4.78 is 5.03. The average Bonchev–Trinajstić information content (AvgIpc) is 2.49. The maximum atomic E-state index is 12.2. The van der Waals surface area contributed by atoms with Crippen LogP contribution in [-0.4, -0.2) is 24.1 Å². The van der Waals surface area contributed by atoms with Gasteiger partial charge in [-0.3, -0.25) is 4.79 Å². The summed E-state index contributed by atoms with van der Waals surface area (Å²) in [6.07, 6.45) is 0. The molecule has 0 unspecified atom stereocenters. The van der Waals surface area contributed by atoms with E-state index in [1.54, 1.807) is 25.1 Å². The highest BCUT2D eigenvalue weighted by molar-refractivity contribution is 6.32. The highest BCUT2D eigenvalue weighted by atomic mass is 35.5. The van der Waals surface area contributed by atoms with Crippen molar-refractivity contribution in [2.45, 2.75) is 6.92 Å². The summed E-state index contributed by atoms with van der Waals surface area (Å²) in [5.41, 5.74) is 1.66. The van der Waals surface area contributed by atoms with Crippen molar-refractivity contribution in [3.8, 4) is 5.75 Å². The number of rotatable bonds is 4. The lowest BCUT2D eigenvalue weighted by Gasteiger charge is -2.10. The Morgan fingerprint density at radius 2 is 1.82 bits per heavy atom. The van der Waals surface area contributed by atoms with E-state index in [0.29, 0.717) is 22.0 Å². The summed E-state index contributed by atoms with van der Waals surface area (Å²) in [4.78, 5) is 23.2. The van der Waals surface area contributed by atoms with E-state index < -0.39 is 5.97 Å². The molecule has 0 heterocycles. The third kappa shape index (κ3) is 3.38. The molecule has 0 saturated heterocycles. The molecule has 0 atom stereocenters. The minimum atomic E-state index is -1.05. The minimum Gasteiger partial charge on any atom is -0.495 e. The number of benzene rings is 2. The maximum absolute atomic E-state index is 12.2. The Morgan fingerprint density at radius 3 is 2.41 bits per heavy atom. The fourth-order valence-electron chi connectivity index (χ4n) is 1.89. The van der Waals surface area contributed by atoms with Crippen molar-refractivity contribution in [1.29, 1.82) is 0 Å². The molecule has 1 amide bonds. The standard InChI is InChI=1S/C16H14ClNO4/c1-9-3-4-11(16(20)21)8-13(9)18-15(19)10-5-6-14(22-2)12(17)7-10/h3-8H,1-2H3,(H,18,19)(H,20,21). The van der Waals surface area contributed by atoms with Gasteiger partial charge in [0.25, 0.3) is 5.91 Å². The Hall–Kier alpha value is -2.53. The zero-order chi connectivity index (χ0) is 16.3. The first kappa shape index (κ1) is 15.9. The Bertz CT molecular complexity index is 743. The summed E-state index contributed by atoms with van der Waals surface area (Å²) in [6, 6.07) is 9.21. The van der Waals surface area contributed by atoms with Crippen LogP contribution in [0.3, 0.4) is 0 Å². The quantitative estimate of drug-likeness (QED) is 0.902. The number of carbonyl (C=O) groups excluding carboxylic acids is 1. The molecule has 2 rings (SSSR count). The number of hydrogen-bond donors (Lipinski definition) is 2. The molecule has 0 aromatic heterocycles. The molecule has 0 aliphatic rings.